The zero-order valence-electron chi connectivity index (χ0n) is 17.5. The molecule has 0 bridgehead atoms. The van der Waals surface area contributed by atoms with Crippen molar-refractivity contribution < 1.29 is 14.3 Å². The zero-order chi connectivity index (χ0) is 21.3. The Morgan fingerprint density at radius 2 is 1.74 bits per heavy atom. The van der Waals surface area contributed by atoms with Crippen LogP contribution in [0.15, 0.2) is 73.1 Å². The van der Waals surface area contributed by atoms with Gasteiger partial charge in [-0.25, -0.2) is 0 Å². The van der Waals surface area contributed by atoms with Crippen LogP contribution >= 0.6 is 0 Å². The van der Waals surface area contributed by atoms with Gasteiger partial charge in [-0.05, 0) is 53.1 Å². The maximum Gasteiger partial charge on any atom is 0.251 e. The van der Waals surface area contributed by atoms with Gasteiger partial charge in [0, 0.05) is 44.1 Å². The number of morpholine rings is 1. The lowest BCUT2D eigenvalue weighted by atomic mass is 10.0. The Balaban J connectivity index is 1.26. The minimum absolute atomic E-state index is 0.0973. The van der Waals surface area contributed by atoms with Gasteiger partial charge in [0.2, 0.25) is 0 Å². The molecule has 0 aliphatic carbocycles. The highest BCUT2D eigenvalue weighted by Crippen LogP contribution is 2.19. The van der Waals surface area contributed by atoms with Crippen molar-refractivity contribution in [1.82, 2.24) is 15.2 Å². The molecule has 4 rings (SSSR count). The minimum atomic E-state index is -0.0973. The molecule has 6 heteroatoms. The van der Waals surface area contributed by atoms with Crippen molar-refractivity contribution in [2.75, 3.05) is 39.5 Å². The Bertz CT molecular complexity index is 971. The summed E-state index contributed by atoms with van der Waals surface area (Å²) in [4.78, 5) is 18.9. The van der Waals surface area contributed by atoms with Crippen molar-refractivity contribution in [3.8, 4) is 16.9 Å². The molecular formula is C25H27N3O3. The molecule has 1 aliphatic heterocycles. The van der Waals surface area contributed by atoms with Crippen molar-refractivity contribution in [2.24, 2.45) is 0 Å². The van der Waals surface area contributed by atoms with E-state index in [1.807, 2.05) is 60.7 Å². The van der Waals surface area contributed by atoms with E-state index < -0.39 is 0 Å². The van der Waals surface area contributed by atoms with Crippen LogP contribution in [0.1, 0.15) is 15.9 Å². The van der Waals surface area contributed by atoms with E-state index in [0.717, 1.165) is 55.3 Å². The first-order chi connectivity index (χ1) is 15.3. The van der Waals surface area contributed by atoms with Crippen LogP contribution in [-0.2, 0) is 11.3 Å². The van der Waals surface area contributed by atoms with Gasteiger partial charge in [-0.15, -0.1) is 0 Å². The highest BCUT2D eigenvalue weighted by molar-refractivity contribution is 5.94. The van der Waals surface area contributed by atoms with Crippen LogP contribution in [0.3, 0.4) is 0 Å². The van der Waals surface area contributed by atoms with Gasteiger partial charge in [-0.1, -0.05) is 24.3 Å². The SMILES string of the molecule is O=C(NCc1cccc(OCCN2CCOCC2)c1)c1ccc(-c2ccncc2)cc1. The number of benzene rings is 2. The number of aromatic nitrogens is 1. The van der Waals surface area contributed by atoms with Crippen molar-refractivity contribution in [1.29, 1.82) is 0 Å². The third-order valence-corrected chi connectivity index (χ3v) is 5.29. The summed E-state index contributed by atoms with van der Waals surface area (Å²) in [7, 11) is 0. The number of nitrogens with one attached hydrogen (secondary N) is 1. The first kappa shape index (κ1) is 21.0. The van der Waals surface area contributed by atoms with Crippen molar-refractivity contribution in [2.45, 2.75) is 6.54 Å². The molecule has 0 unspecified atom stereocenters. The third kappa shape index (κ3) is 6.13. The Hall–Kier alpha value is -3.22. The lowest BCUT2D eigenvalue weighted by Crippen LogP contribution is -2.38. The maximum absolute atomic E-state index is 12.5. The van der Waals surface area contributed by atoms with E-state index >= 15 is 0 Å². The molecule has 1 fully saturated rings. The summed E-state index contributed by atoms with van der Waals surface area (Å²) in [6, 6.07) is 19.4. The highest BCUT2D eigenvalue weighted by Gasteiger charge is 2.10. The number of amides is 1. The van der Waals surface area contributed by atoms with Crippen LogP contribution in [0.5, 0.6) is 5.75 Å². The van der Waals surface area contributed by atoms with Crippen LogP contribution in [0, 0.1) is 0 Å². The van der Waals surface area contributed by atoms with Gasteiger partial charge >= 0.3 is 0 Å². The third-order valence-electron chi connectivity index (χ3n) is 5.29. The van der Waals surface area contributed by atoms with E-state index in [1.54, 1.807) is 12.4 Å². The molecule has 0 atom stereocenters. The van der Waals surface area contributed by atoms with E-state index in [9.17, 15) is 4.79 Å². The van der Waals surface area contributed by atoms with Gasteiger partial charge in [0.05, 0.1) is 13.2 Å². The van der Waals surface area contributed by atoms with E-state index in [2.05, 4.69) is 15.2 Å². The van der Waals surface area contributed by atoms with Crippen molar-refractivity contribution >= 4 is 5.91 Å². The maximum atomic E-state index is 12.5. The highest BCUT2D eigenvalue weighted by atomic mass is 16.5. The fraction of sp³-hybridized carbons (Fsp3) is 0.280. The summed E-state index contributed by atoms with van der Waals surface area (Å²) >= 11 is 0. The Kier molecular flexibility index (Phi) is 7.26. The number of nitrogens with zero attached hydrogens (tertiary/aromatic N) is 2. The van der Waals surface area contributed by atoms with E-state index in [4.69, 9.17) is 9.47 Å². The van der Waals surface area contributed by atoms with E-state index in [-0.39, 0.29) is 5.91 Å². The molecule has 1 saturated heterocycles. The standard InChI is InChI=1S/C25H27N3O3/c29-25(23-6-4-21(5-7-23)22-8-10-26-11-9-22)27-19-20-2-1-3-24(18-20)31-17-14-28-12-15-30-16-13-28/h1-11,18H,12-17,19H2,(H,27,29). The average Bonchev–Trinajstić information content (AvgIpc) is 2.84. The first-order valence-electron chi connectivity index (χ1n) is 10.6. The second-order valence-corrected chi connectivity index (χ2v) is 7.45. The molecule has 1 aromatic heterocycles. The van der Waals surface area contributed by atoms with Crippen molar-refractivity contribution in [3.05, 3.63) is 84.2 Å². The summed E-state index contributed by atoms with van der Waals surface area (Å²) < 4.78 is 11.3. The van der Waals surface area contributed by atoms with Gasteiger partial charge in [0.25, 0.3) is 5.91 Å². The molecular weight excluding hydrogens is 390 g/mol. The van der Waals surface area contributed by atoms with E-state index in [1.165, 1.54) is 0 Å². The molecule has 160 valence electrons. The molecule has 6 nitrogen and oxygen atoms in total. The van der Waals surface area contributed by atoms with Gasteiger partial charge in [-0.2, -0.15) is 0 Å². The molecule has 0 saturated carbocycles. The molecule has 2 aromatic carbocycles. The van der Waals surface area contributed by atoms with Crippen LogP contribution in [0.2, 0.25) is 0 Å². The summed E-state index contributed by atoms with van der Waals surface area (Å²) in [6.07, 6.45) is 3.52. The number of hydrogen-bond acceptors (Lipinski definition) is 5. The van der Waals surface area contributed by atoms with Gasteiger partial charge in [0.15, 0.2) is 0 Å². The summed E-state index contributed by atoms with van der Waals surface area (Å²) in [5.74, 6) is 0.724. The quantitative estimate of drug-likeness (QED) is 0.609. The number of ether oxygens (including phenoxy) is 2. The number of hydrogen-bond donors (Lipinski definition) is 1. The Labute approximate surface area is 182 Å². The smallest absolute Gasteiger partial charge is 0.251 e. The Morgan fingerprint density at radius 3 is 2.52 bits per heavy atom. The lowest BCUT2D eigenvalue weighted by Gasteiger charge is -2.26. The second kappa shape index (κ2) is 10.7. The number of rotatable bonds is 8. The fourth-order valence-electron chi connectivity index (χ4n) is 3.51. The van der Waals surface area contributed by atoms with Crippen molar-refractivity contribution in [3.63, 3.8) is 0 Å². The topological polar surface area (TPSA) is 63.7 Å². The molecule has 3 aromatic rings. The predicted octanol–water partition coefficient (Wildman–Crippen LogP) is 3.39. The number of carbonyl (C=O) groups excluding carboxylic acids is 1. The summed E-state index contributed by atoms with van der Waals surface area (Å²) in [6.45, 7) is 5.48. The molecule has 0 radical (unpaired) electrons. The fourth-order valence-corrected chi connectivity index (χ4v) is 3.51. The van der Waals surface area contributed by atoms with Crippen LogP contribution in [-0.4, -0.2) is 55.2 Å². The largest absolute Gasteiger partial charge is 0.492 e. The van der Waals surface area contributed by atoms with Gasteiger partial charge in [-0.3, -0.25) is 14.7 Å². The molecule has 1 N–H and O–H groups in total. The minimum Gasteiger partial charge on any atom is -0.492 e. The first-order valence-corrected chi connectivity index (χ1v) is 10.6. The lowest BCUT2D eigenvalue weighted by molar-refractivity contribution is 0.0322. The monoisotopic (exact) mass is 417 g/mol. The molecule has 1 aliphatic rings. The number of pyridine rings is 1. The molecule has 0 spiro atoms. The summed E-state index contributed by atoms with van der Waals surface area (Å²) in [5, 5.41) is 2.98. The predicted molar refractivity (Wildman–Crippen MR) is 120 cm³/mol. The second-order valence-electron chi connectivity index (χ2n) is 7.45. The van der Waals surface area contributed by atoms with Crippen LogP contribution in [0.4, 0.5) is 0 Å². The average molecular weight is 418 g/mol. The van der Waals surface area contributed by atoms with Crippen LogP contribution in [0.25, 0.3) is 11.1 Å². The molecule has 2 heterocycles. The normalized spacial score (nSPS) is 14.2. The molecule has 1 amide bonds. The molecule has 31 heavy (non-hydrogen) atoms. The van der Waals surface area contributed by atoms with E-state index in [0.29, 0.717) is 18.7 Å². The Morgan fingerprint density at radius 1 is 1.00 bits per heavy atom. The van der Waals surface area contributed by atoms with Gasteiger partial charge < -0.3 is 14.8 Å². The zero-order valence-corrected chi connectivity index (χ0v) is 17.5. The number of carbonyl (C=O) groups is 1. The summed E-state index contributed by atoms with van der Waals surface area (Å²) in [5.41, 5.74) is 3.77. The van der Waals surface area contributed by atoms with Gasteiger partial charge in [0.1, 0.15) is 12.4 Å². The van der Waals surface area contributed by atoms with Crippen LogP contribution < -0.4 is 10.1 Å².